The molecule has 0 spiro atoms. The van der Waals surface area contributed by atoms with Crippen LogP contribution in [0.2, 0.25) is 0 Å². The number of benzene rings is 1. The maximum Gasteiger partial charge on any atom is 0.315 e. The molecule has 1 aliphatic rings. The largest absolute Gasteiger partial charge is 0.336 e. The number of aryl methyl sites for hydroxylation is 1. The normalized spacial score (nSPS) is 16.8. The summed E-state index contributed by atoms with van der Waals surface area (Å²) in [5.74, 6) is -0.583. The number of urea groups is 1. The maximum absolute atomic E-state index is 13.7. The van der Waals surface area contributed by atoms with Crippen LogP contribution in [0.15, 0.2) is 24.3 Å². The minimum atomic E-state index is -0.610. The lowest BCUT2D eigenvalue weighted by atomic mass is 10.1. The first kappa shape index (κ1) is 15.4. The summed E-state index contributed by atoms with van der Waals surface area (Å²) in [4.78, 5) is 28.3. The fraction of sp³-hybridized carbons (Fsp3) is 0.267. The summed E-state index contributed by atoms with van der Waals surface area (Å²) in [6, 6.07) is 5.61. The molecule has 0 aliphatic carbocycles. The Morgan fingerprint density at radius 1 is 1.48 bits per heavy atom. The number of nitrogens with one attached hydrogen (secondary N) is 3. The standard InChI is InChI=1S/C15H15FN4O2S/c1-8-12(6-9-4-2-3-5-10(9)16)23-15(18-8)20-13(21)11-7-17-14(22)19-11/h2-5,11H,6-7H2,1H3,(H2,17,19,22)(H,18,20,21). The lowest BCUT2D eigenvalue weighted by Crippen LogP contribution is -2.38. The first-order valence-electron chi connectivity index (χ1n) is 7.08. The van der Waals surface area contributed by atoms with Crippen LogP contribution in [0.3, 0.4) is 0 Å². The Hall–Kier alpha value is -2.48. The second kappa shape index (κ2) is 6.33. The zero-order valence-electron chi connectivity index (χ0n) is 12.4. The molecule has 1 fully saturated rings. The van der Waals surface area contributed by atoms with Gasteiger partial charge in [-0.05, 0) is 18.6 Å². The molecule has 1 aliphatic heterocycles. The van der Waals surface area contributed by atoms with Crippen molar-refractivity contribution in [3.8, 4) is 0 Å². The highest BCUT2D eigenvalue weighted by molar-refractivity contribution is 7.15. The van der Waals surface area contributed by atoms with E-state index in [1.807, 2.05) is 6.92 Å². The predicted octanol–water partition coefficient (Wildman–Crippen LogP) is 1.80. The van der Waals surface area contributed by atoms with Gasteiger partial charge in [-0.3, -0.25) is 4.79 Å². The number of nitrogens with zero attached hydrogens (tertiary/aromatic N) is 1. The van der Waals surface area contributed by atoms with Crippen LogP contribution in [0.1, 0.15) is 16.1 Å². The molecule has 1 atom stereocenters. The molecule has 2 heterocycles. The first-order valence-corrected chi connectivity index (χ1v) is 7.89. The van der Waals surface area contributed by atoms with E-state index in [2.05, 4.69) is 20.9 Å². The van der Waals surface area contributed by atoms with Gasteiger partial charge >= 0.3 is 6.03 Å². The van der Waals surface area contributed by atoms with Crippen molar-refractivity contribution in [2.24, 2.45) is 0 Å². The van der Waals surface area contributed by atoms with Crippen molar-refractivity contribution >= 4 is 28.4 Å². The van der Waals surface area contributed by atoms with Crippen molar-refractivity contribution in [1.29, 1.82) is 0 Å². The van der Waals surface area contributed by atoms with Crippen LogP contribution in [0.4, 0.5) is 14.3 Å². The molecule has 23 heavy (non-hydrogen) atoms. The van der Waals surface area contributed by atoms with E-state index >= 15 is 0 Å². The summed E-state index contributed by atoms with van der Waals surface area (Å²) in [5.41, 5.74) is 1.34. The van der Waals surface area contributed by atoms with Crippen LogP contribution in [-0.2, 0) is 11.2 Å². The van der Waals surface area contributed by atoms with Gasteiger partial charge in [0.25, 0.3) is 5.91 Å². The summed E-state index contributed by atoms with van der Waals surface area (Å²) in [6.45, 7) is 2.07. The first-order chi connectivity index (χ1) is 11.0. The van der Waals surface area contributed by atoms with Crippen LogP contribution in [0.5, 0.6) is 0 Å². The van der Waals surface area contributed by atoms with Crippen molar-refractivity contribution < 1.29 is 14.0 Å². The Bertz CT molecular complexity index is 762. The molecule has 1 unspecified atom stereocenters. The number of amides is 3. The molecule has 8 heteroatoms. The van der Waals surface area contributed by atoms with Gasteiger partial charge in [0.1, 0.15) is 11.9 Å². The van der Waals surface area contributed by atoms with Gasteiger partial charge in [-0.25, -0.2) is 14.2 Å². The highest BCUT2D eigenvalue weighted by atomic mass is 32.1. The number of carbonyl (C=O) groups excluding carboxylic acids is 2. The van der Waals surface area contributed by atoms with Crippen LogP contribution in [-0.4, -0.2) is 29.5 Å². The van der Waals surface area contributed by atoms with E-state index in [0.29, 0.717) is 17.1 Å². The second-order valence-corrected chi connectivity index (χ2v) is 6.28. The Morgan fingerprint density at radius 2 is 2.26 bits per heavy atom. The number of aromatic nitrogens is 1. The topological polar surface area (TPSA) is 83.1 Å². The van der Waals surface area contributed by atoms with E-state index in [1.54, 1.807) is 18.2 Å². The SMILES string of the molecule is Cc1nc(NC(=O)C2CNC(=O)N2)sc1Cc1ccccc1F. The lowest BCUT2D eigenvalue weighted by Gasteiger charge is -2.06. The van der Waals surface area contributed by atoms with Crippen LogP contribution in [0.25, 0.3) is 0 Å². The fourth-order valence-electron chi connectivity index (χ4n) is 2.27. The van der Waals surface area contributed by atoms with Crippen molar-refractivity contribution in [1.82, 2.24) is 15.6 Å². The predicted molar refractivity (Wildman–Crippen MR) is 85.0 cm³/mol. The van der Waals surface area contributed by atoms with E-state index in [9.17, 15) is 14.0 Å². The third kappa shape index (κ3) is 3.48. The molecular weight excluding hydrogens is 319 g/mol. The van der Waals surface area contributed by atoms with Gasteiger partial charge in [0.15, 0.2) is 5.13 Å². The van der Waals surface area contributed by atoms with E-state index in [1.165, 1.54) is 17.4 Å². The molecule has 1 aromatic heterocycles. The number of hydrogen-bond donors (Lipinski definition) is 3. The number of rotatable bonds is 4. The molecule has 3 N–H and O–H groups in total. The number of hydrogen-bond acceptors (Lipinski definition) is 4. The highest BCUT2D eigenvalue weighted by Gasteiger charge is 2.27. The molecule has 1 saturated heterocycles. The zero-order valence-corrected chi connectivity index (χ0v) is 13.2. The van der Waals surface area contributed by atoms with Gasteiger partial charge in [0.05, 0.1) is 5.69 Å². The van der Waals surface area contributed by atoms with Gasteiger partial charge in [-0.15, -0.1) is 11.3 Å². The average molecular weight is 334 g/mol. The van der Waals surface area contributed by atoms with Gasteiger partial charge in [-0.1, -0.05) is 18.2 Å². The second-order valence-electron chi connectivity index (χ2n) is 5.19. The van der Waals surface area contributed by atoms with Crippen LogP contribution in [0, 0.1) is 12.7 Å². The summed E-state index contributed by atoms with van der Waals surface area (Å²) in [7, 11) is 0. The van der Waals surface area contributed by atoms with E-state index in [-0.39, 0.29) is 24.3 Å². The molecule has 1 aromatic carbocycles. The number of carbonyl (C=O) groups is 2. The molecule has 2 aromatic rings. The molecular formula is C15H15FN4O2S. The van der Waals surface area contributed by atoms with Gasteiger partial charge < -0.3 is 16.0 Å². The molecule has 120 valence electrons. The van der Waals surface area contributed by atoms with E-state index in [0.717, 1.165) is 10.6 Å². The van der Waals surface area contributed by atoms with Crippen molar-refractivity contribution in [2.45, 2.75) is 19.4 Å². The van der Waals surface area contributed by atoms with Gasteiger partial charge in [-0.2, -0.15) is 0 Å². The summed E-state index contributed by atoms with van der Waals surface area (Å²) < 4.78 is 13.7. The third-order valence-corrected chi connectivity index (χ3v) is 4.59. The van der Waals surface area contributed by atoms with Crippen molar-refractivity contribution in [3.63, 3.8) is 0 Å². The molecule has 6 nitrogen and oxygen atoms in total. The maximum atomic E-state index is 13.7. The lowest BCUT2D eigenvalue weighted by molar-refractivity contribution is -0.117. The van der Waals surface area contributed by atoms with Gasteiger partial charge in [0, 0.05) is 17.8 Å². The van der Waals surface area contributed by atoms with E-state index in [4.69, 9.17) is 0 Å². The monoisotopic (exact) mass is 334 g/mol. The molecule has 0 bridgehead atoms. The minimum Gasteiger partial charge on any atom is -0.336 e. The average Bonchev–Trinajstić information content (AvgIpc) is 3.08. The Labute approximate surface area is 136 Å². The highest BCUT2D eigenvalue weighted by Crippen LogP contribution is 2.26. The Kier molecular flexibility index (Phi) is 4.24. The minimum absolute atomic E-state index is 0.247. The number of halogens is 1. The van der Waals surface area contributed by atoms with Crippen molar-refractivity contribution in [2.75, 3.05) is 11.9 Å². The molecule has 0 radical (unpaired) electrons. The summed E-state index contributed by atoms with van der Waals surface area (Å²) in [6.07, 6.45) is 0.424. The third-order valence-electron chi connectivity index (χ3n) is 3.52. The number of anilines is 1. The zero-order chi connectivity index (χ0) is 16.4. The van der Waals surface area contributed by atoms with Crippen LogP contribution >= 0.6 is 11.3 Å². The van der Waals surface area contributed by atoms with Crippen LogP contribution < -0.4 is 16.0 Å². The fourth-order valence-corrected chi connectivity index (χ4v) is 3.25. The number of thiazole rings is 1. The smallest absolute Gasteiger partial charge is 0.315 e. The van der Waals surface area contributed by atoms with Crippen molar-refractivity contribution in [3.05, 3.63) is 46.2 Å². The summed E-state index contributed by atoms with van der Waals surface area (Å²) in [5, 5.41) is 8.16. The van der Waals surface area contributed by atoms with E-state index < -0.39 is 6.04 Å². The Morgan fingerprint density at radius 3 is 2.96 bits per heavy atom. The van der Waals surface area contributed by atoms with Gasteiger partial charge in [0.2, 0.25) is 0 Å². The summed E-state index contributed by atoms with van der Waals surface area (Å²) >= 11 is 1.31. The molecule has 0 saturated carbocycles. The molecule has 3 amide bonds. The molecule has 3 rings (SSSR count). The quantitative estimate of drug-likeness (QED) is 0.797. The Balaban J connectivity index is 1.70.